The van der Waals surface area contributed by atoms with Crippen LogP contribution >= 0.6 is 7.60 Å². The molecule has 130 valence electrons. The lowest BCUT2D eigenvalue weighted by Crippen LogP contribution is -2.31. The van der Waals surface area contributed by atoms with E-state index in [-0.39, 0.29) is 13.2 Å². The van der Waals surface area contributed by atoms with Crippen molar-refractivity contribution in [3.05, 3.63) is 71.8 Å². The summed E-state index contributed by atoms with van der Waals surface area (Å²) in [5, 5.41) is 11.4. The van der Waals surface area contributed by atoms with Gasteiger partial charge in [0.1, 0.15) is 11.3 Å². The van der Waals surface area contributed by atoms with E-state index in [1.165, 1.54) is 0 Å². The Hall–Kier alpha value is -1.45. The lowest BCUT2D eigenvalue weighted by molar-refractivity contribution is 0.0380. The second kappa shape index (κ2) is 8.09. The molecule has 0 aliphatic carbocycles. The number of benzene rings is 2. The van der Waals surface area contributed by atoms with Crippen molar-refractivity contribution in [2.24, 2.45) is 0 Å². The van der Waals surface area contributed by atoms with Gasteiger partial charge >= 0.3 is 7.60 Å². The summed E-state index contributed by atoms with van der Waals surface area (Å²) < 4.78 is 24.7. The first-order valence-electron chi connectivity index (χ1n) is 8.17. The van der Waals surface area contributed by atoms with E-state index in [1.54, 1.807) is 20.8 Å². The van der Waals surface area contributed by atoms with Crippen molar-refractivity contribution >= 4 is 7.60 Å². The molecule has 2 unspecified atom stereocenters. The summed E-state index contributed by atoms with van der Waals surface area (Å²) in [6.45, 7) is 5.68. The highest BCUT2D eigenvalue weighted by atomic mass is 31.2. The third-order valence-electron chi connectivity index (χ3n) is 3.94. The molecule has 2 rings (SSSR count). The summed E-state index contributed by atoms with van der Waals surface area (Å²) in [6, 6.07) is 18.5. The Morgan fingerprint density at radius 2 is 1.42 bits per heavy atom. The molecule has 0 spiro atoms. The fraction of sp³-hybridized carbons (Fsp3) is 0.368. The molecular formula is C19H25O4P. The maximum atomic E-state index is 13.5. The van der Waals surface area contributed by atoms with Gasteiger partial charge in [-0.3, -0.25) is 4.57 Å². The summed E-state index contributed by atoms with van der Waals surface area (Å²) in [4.78, 5) is 0. The monoisotopic (exact) mass is 348 g/mol. The summed E-state index contributed by atoms with van der Waals surface area (Å²) in [5.74, 6) is 0. The van der Waals surface area contributed by atoms with Crippen LogP contribution in [-0.2, 0) is 19.2 Å². The van der Waals surface area contributed by atoms with E-state index in [0.29, 0.717) is 5.56 Å². The molecule has 0 aliphatic rings. The van der Waals surface area contributed by atoms with Crippen molar-refractivity contribution in [2.45, 2.75) is 32.0 Å². The first-order chi connectivity index (χ1) is 11.5. The first-order valence-corrected chi connectivity index (χ1v) is 9.78. The Balaban J connectivity index is 2.61. The van der Waals surface area contributed by atoms with Crippen LogP contribution in [0.2, 0.25) is 0 Å². The van der Waals surface area contributed by atoms with Gasteiger partial charge in [0, 0.05) is 0 Å². The van der Waals surface area contributed by atoms with Gasteiger partial charge in [-0.05, 0) is 31.9 Å². The van der Waals surface area contributed by atoms with E-state index in [1.807, 2.05) is 60.7 Å². The van der Waals surface area contributed by atoms with E-state index in [2.05, 4.69) is 0 Å². The molecule has 0 bridgehead atoms. The number of aliphatic hydroxyl groups is 1. The van der Waals surface area contributed by atoms with Gasteiger partial charge < -0.3 is 14.2 Å². The van der Waals surface area contributed by atoms with Crippen LogP contribution in [0.3, 0.4) is 0 Å². The lowest BCUT2D eigenvalue weighted by Gasteiger charge is -2.37. The zero-order chi connectivity index (χ0) is 17.6. The van der Waals surface area contributed by atoms with E-state index in [4.69, 9.17) is 9.05 Å². The quantitative estimate of drug-likeness (QED) is 0.689. The van der Waals surface area contributed by atoms with Crippen molar-refractivity contribution in [1.82, 2.24) is 0 Å². The fourth-order valence-electron chi connectivity index (χ4n) is 2.93. The molecule has 2 aromatic rings. The van der Waals surface area contributed by atoms with Crippen LogP contribution in [0, 0.1) is 0 Å². The molecule has 0 saturated heterocycles. The Morgan fingerprint density at radius 1 is 0.958 bits per heavy atom. The van der Waals surface area contributed by atoms with Crippen LogP contribution < -0.4 is 0 Å². The summed E-state index contributed by atoms with van der Waals surface area (Å²) in [6.07, 6.45) is 0. The number of hydrogen-bond acceptors (Lipinski definition) is 4. The highest BCUT2D eigenvalue weighted by Crippen LogP contribution is 2.66. The van der Waals surface area contributed by atoms with Gasteiger partial charge in [-0.1, -0.05) is 60.7 Å². The molecule has 5 heteroatoms. The van der Waals surface area contributed by atoms with Crippen molar-refractivity contribution in [1.29, 1.82) is 0 Å². The zero-order valence-corrected chi connectivity index (χ0v) is 15.3. The van der Waals surface area contributed by atoms with Gasteiger partial charge in [0.15, 0.2) is 0 Å². The Morgan fingerprint density at radius 3 is 1.88 bits per heavy atom. The lowest BCUT2D eigenvalue weighted by atomic mass is 9.88. The highest BCUT2D eigenvalue weighted by molar-refractivity contribution is 7.54. The molecule has 0 aliphatic heterocycles. The predicted octanol–water partition coefficient (Wildman–Crippen LogP) is 4.90. The van der Waals surface area contributed by atoms with E-state index < -0.39 is 18.9 Å². The van der Waals surface area contributed by atoms with Crippen molar-refractivity contribution < 1.29 is 18.7 Å². The van der Waals surface area contributed by atoms with E-state index in [9.17, 15) is 9.67 Å². The van der Waals surface area contributed by atoms with Crippen LogP contribution in [0.5, 0.6) is 0 Å². The molecule has 0 amide bonds. The third kappa shape index (κ3) is 3.96. The topological polar surface area (TPSA) is 55.8 Å². The highest BCUT2D eigenvalue weighted by Gasteiger charge is 2.49. The van der Waals surface area contributed by atoms with Crippen LogP contribution in [-0.4, -0.2) is 18.3 Å². The Labute approximate surface area is 144 Å². The molecular weight excluding hydrogens is 323 g/mol. The van der Waals surface area contributed by atoms with E-state index in [0.717, 1.165) is 5.56 Å². The van der Waals surface area contributed by atoms with Gasteiger partial charge in [-0.15, -0.1) is 0 Å². The van der Waals surface area contributed by atoms with Gasteiger partial charge in [0.25, 0.3) is 0 Å². The normalized spacial score (nSPS) is 15.7. The summed E-state index contributed by atoms with van der Waals surface area (Å²) in [7, 11) is -3.59. The Bertz CT molecular complexity index is 660. The van der Waals surface area contributed by atoms with Crippen LogP contribution in [0.15, 0.2) is 60.7 Å². The molecule has 0 heterocycles. The van der Waals surface area contributed by atoms with Gasteiger partial charge in [0.05, 0.1) is 13.2 Å². The molecule has 0 aromatic heterocycles. The van der Waals surface area contributed by atoms with Crippen LogP contribution in [0.25, 0.3) is 0 Å². The van der Waals surface area contributed by atoms with Crippen molar-refractivity contribution in [3.63, 3.8) is 0 Å². The molecule has 24 heavy (non-hydrogen) atoms. The average Bonchev–Trinajstić information content (AvgIpc) is 2.57. The number of rotatable bonds is 8. The number of hydrogen-bond donors (Lipinski definition) is 1. The van der Waals surface area contributed by atoms with Gasteiger partial charge in [0.2, 0.25) is 0 Å². The Kier molecular flexibility index (Phi) is 6.36. The maximum Gasteiger partial charge on any atom is 0.341 e. The summed E-state index contributed by atoms with van der Waals surface area (Å²) >= 11 is 0. The van der Waals surface area contributed by atoms with E-state index >= 15 is 0 Å². The minimum atomic E-state index is -3.59. The van der Waals surface area contributed by atoms with Crippen molar-refractivity contribution in [2.75, 3.05) is 13.2 Å². The second-order valence-electron chi connectivity index (χ2n) is 5.70. The molecule has 4 nitrogen and oxygen atoms in total. The molecule has 2 aromatic carbocycles. The van der Waals surface area contributed by atoms with Gasteiger partial charge in [-0.25, -0.2) is 0 Å². The summed E-state index contributed by atoms with van der Waals surface area (Å²) in [5.41, 5.74) is -0.855. The molecule has 2 atom stereocenters. The van der Waals surface area contributed by atoms with Crippen LogP contribution in [0.1, 0.15) is 37.6 Å². The smallest absolute Gasteiger partial charge is 0.341 e. The minimum Gasteiger partial charge on any atom is -0.384 e. The fourth-order valence-corrected chi connectivity index (χ4v) is 5.32. The zero-order valence-electron chi connectivity index (χ0n) is 14.4. The van der Waals surface area contributed by atoms with Crippen LogP contribution in [0.4, 0.5) is 0 Å². The average molecular weight is 348 g/mol. The first kappa shape index (κ1) is 18.9. The molecule has 0 fully saturated rings. The molecule has 0 saturated carbocycles. The van der Waals surface area contributed by atoms with Gasteiger partial charge in [-0.2, -0.15) is 0 Å². The SMILES string of the molecule is CCOP(=O)(OCC)C(c1ccccc1)C(C)(O)c1ccccc1. The third-order valence-corrected chi connectivity index (χ3v) is 6.61. The predicted molar refractivity (Wildman–Crippen MR) is 96.1 cm³/mol. The largest absolute Gasteiger partial charge is 0.384 e. The maximum absolute atomic E-state index is 13.5. The second-order valence-corrected chi connectivity index (χ2v) is 7.81. The minimum absolute atomic E-state index is 0.242. The standard InChI is InChI=1S/C19H25O4P/c1-4-22-24(21,23-5-2)18(16-12-8-6-9-13-16)19(3,20)17-14-10-7-11-15-17/h6-15,18,20H,4-5H2,1-3H3. The van der Waals surface area contributed by atoms with Crippen molar-refractivity contribution in [3.8, 4) is 0 Å². The molecule has 1 N–H and O–H groups in total. The molecule has 0 radical (unpaired) electrons.